The standard InChI is InChI=1S/C68H34N4S4/c69-35-41-30-58(72-56-22-18-38(40-20-24-66-52(28-40)44-10-2-6-14-62(44)74-66)26-48(56)50-32-54-46-12-4-8-16-64(46)76-68(54)34-60(50)72)42(36-70)29-57(41)71-55-21-17-37(39-19-23-65-51(27-39)43-9-1-5-13-61(43)73-65)25-47(55)49-31-53-45-11-3-7-15-63(45)75-67(53)33-59(49)71/h1-34H. The highest BCUT2D eigenvalue weighted by atomic mass is 32.1. The third-order valence-electron chi connectivity index (χ3n) is 15.8. The van der Waals surface area contributed by atoms with Gasteiger partial charge in [-0.2, -0.15) is 10.5 Å². The van der Waals surface area contributed by atoms with Crippen LogP contribution in [0.15, 0.2) is 206 Å². The fraction of sp³-hybridized carbons (Fsp3) is 0. The van der Waals surface area contributed by atoms with Crippen molar-refractivity contribution in [2.75, 3.05) is 0 Å². The lowest BCUT2D eigenvalue weighted by Gasteiger charge is -2.16. The van der Waals surface area contributed by atoms with Gasteiger partial charge >= 0.3 is 0 Å². The number of thiophene rings is 4. The molecule has 11 aromatic carbocycles. The van der Waals surface area contributed by atoms with Crippen LogP contribution in [0.3, 0.4) is 0 Å². The minimum atomic E-state index is 0.481. The van der Waals surface area contributed by atoms with Gasteiger partial charge in [0.25, 0.3) is 0 Å². The average Bonchev–Trinajstić information content (AvgIpc) is 4.52. The zero-order valence-corrected chi connectivity index (χ0v) is 43.3. The molecule has 0 unspecified atom stereocenters. The lowest BCUT2D eigenvalue weighted by atomic mass is 10.00. The Morgan fingerprint density at radius 2 is 0.553 bits per heavy atom. The molecule has 0 aliphatic heterocycles. The molecule has 0 saturated heterocycles. The number of aromatic nitrogens is 2. The highest BCUT2D eigenvalue weighted by molar-refractivity contribution is 7.27. The first-order chi connectivity index (χ1) is 37.5. The molecule has 0 aliphatic carbocycles. The minimum Gasteiger partial charge on any atom is -0.308 e. The molecule has 76 heavy (non-hydrogen) atoms. The highest BCUT2D eigenvalue weighted by Gasteiger charge is 2.24. The summed E-state index contributed by atoms with van der Waals surface area (Å²) in [6.07, 6.45) is 0. The number of benzene rings is 11. The molecule has 350 valence electrons. The van der Waals surface area contributed by atoms with Gasteiger partial charge < -0.3 is 9.13 Å². The maximum Gasteiger partial charge on any atom is 0.101 e. The second-order valence-corrected chi connectivity index (χ2v) is 24.1. The fourth-order valence-corrected chi connectivity index (χ4v) is 16.7. The maximum absolute atomic E-state index is 11.4. The second-order valence-electron chi connectivity index (χ2n) is 19.8. The van der Waals surface area contributed by atoms with E-state index in [4.69, 9.17) is 0 Å². The topological polar surface area (TPSA) is 57.4 Å². The first kappa shape index (κ1) is 42.3. The molecule has 0 amide bonds. The van der Waals surface area contributed by atoms with Crippen LogP contribution in [0, 0.1) is 22.7 Å². The van der Waals surface area contributed by atoms with Gasteiger partial charge in [0.05, 0.1) is 44.6 Å². The van der Waals surface area contributed by atoms with Crippen molar-refractivity contribution in [3.63, 3.8) is 0 Å². The van der Waals surface area contributed by atoms with Gasteiger partial charge in [-0.3, -0.25) is 0 Å². The molecule has 0 radical (unpaired) electrons. The Morgan fingerprint density at radius 3 is 0.934 bits per heavy atom. The van der Waals surface area contributed by atoms with Crippen molar-refractivity contribution in [2.45, 2.75) is 0 Å². The van der Waals surface area contributed by atoms with Crippen LogP contribution < -0.4 is 0 Å². The number of nitriles is 2. The zero-order valence-electron chi connectivity index (χ0n) is 40.1. The monoisotopic (exact) mass is 1030 g/mol. The normalized spacial score (nSPS) is 12.2. The van der Waals surface area contributed by atoms with Crippen LogP contribution in [-0.2, 0) is 0 Å². The number of nitrogens with zero attached hydrogens (tertiary/aromatic N) is 4. The van der Waals surface area contributed by atoms with Crippen LogP contribution in [0.25, 0.3) is 158 Å². The first-order valence-electron chi connectivity index (χ1n) is 25.1. The Balaban J connectivity index is 0.901. The summed E-state index contributed by atoms with van der Waals surface area (Å²) in [6, 6.07) is 80.1. The van der Waals surface area contributed by atoms with Gasteiger partial charge in [0.15, 0.2) is 0 Å². The number of rotatable bonds is 4. The summed E-state index contributed by atoms with van der Waals surface area (Å²) in [5, 5.41) is 37.2. The van der Waals surface area contributed by atoms with E-state index in [9.17, 15) is 10.5 Å². The Hall–Kier alpha value is -9.12. The van der Waals surface area contributed by atoms with E-state index < -0.39 is 0 Å². The summed E-state index contributed by atoms with van der Waals surface area (Å²) >= 11 is 7.23. The summed E-state index contributed by atoms with van der Waals surface area (Å²) in [5.41, 5.74) is 10.8. The van der Waals surface area contributed by atoms with Crippen LogP contribution in [0.1, 0.15) is 11.1 Å². The van der Waals surface area contributed by atoms with Gasteiger partial charge in [-0.25, -0.2) is 0 Å². The van der Waals surface area contributed by atoms with Crippen molar-refractivity contribution in [3.8, 4) is 45.8 Å². The number of hydrogen-bond acceptors (Lipinski definition) is 6. The third kappa shape index (κ3) is 5.95. The molecule has 0 aliphatic rings. The van der Waals surface area contributed by atoms with Crippen molar-refractivity contribution in [3.05, 3.63) is 217 Å². The van der Waals surface area contributed by atoms with Crippen molar-refractivity contribution in [2.24, 2.45) is 0 Å². The van der Waals surface area contributed by atoms with Crippen molar-refractivity contribution in [1.29, 1.82) is 10.5 Å². The zero-order chi connectivity index (χ0) is 49.9. The van der Waals surface area contributed by atoms with Gasteiger partial charge in [-0.15, -0.1) is 45.3 Å². The molecular formula is C68H34N4S4. The summed E-state index contributed by atoms with van der Waals surface area (Å²) in [5.74, 6) is 0. The molecular weight excluding hydrogens is 1000 g/mol. The summed E-state index contributed by atoms with van der Waals surface area (Å²) in [6.45, 7) is 0. The summed E-state index contributed by atoms with van der Waals surface area (Å²) in [7, 11) is 0. The molecule has 4 nitrogen and oxygen atoms in total. The van der Waals surface area contributed by atoms with E-state index in [1.807, 2.05) is 34.8 Å². The summed E-state index contributed by atoms with van der Waals surface area (Å²) in [4.78, 5) is 0. The van der Waals surface area contributed by atoms with E-state index in [0.29, 0.717) is 22.5 Å². The van der Waals surface area contributed by atoms with Crippen LogP contribution >= 0.6 is 45.3 Å². The van der Waals surface area contributed by atoms with Crippen LogP contribution in [0.4, 0.5) is 0 Å². The highest BCUT2D eigenvalue weighted by Crippen LogP contribution is 2.47. The van der Waals surface area contributed by atoms with Crippen molar-refractivity contribution >= 4 is 170 Å². The quantitative estimate of drug-likeness (QED) is 0.176. The lowest BCUT2D eigenvalue weighted by Crippen LogP contribution is -2.04. The number of fused-ring (bicyclic) bond motifs is 18. The average molecular weight is 1040 g/mol. The molecule has 0 fully saturated rings. The molecule has 0 saturated carbocycles. The van der Waals surface area contributed by atoms with E-state index in [2.05, 4.69) is 215 Å². The van der Waals surface area contributed by atoms with Gasteiger partial charge in [-0.05, 0) is 131 Å². The lowest BCUT2D eigenvalue weighted by molar-refractivity contribution is 1.13. The smallest absolute Gasteiger partial charge is 0.101 e. The molecule has 6 heterocycles. The van der Waals surface area contributed by atoms with E-state index in [0.717, 1.165) is 65.9 Å². The third-order valence-corrected chi connectivity index (χ3v) is 20.4. The second kappa shape index (κ2) is 15.7. The van der Waals surface area contributed by atoms with Gasteiger partial charge in [0, 0.05) is 102 Å². The van der Waals surface area contributed by atoms with Crippen LogP contribution in [-0.4, -0.2) is 9.13 Å². The molecule has 8 heteroatoms. The molecule has 0 atom stereocenters. The molecule has 0 N–H and O–H groups in total. The van der Waals surface area contributed by atoms with E-state index in [1.165, 1.54) is 80.7 Å². The Kier molecular flexibility index (Phi) is 8.73. The fourth-order valence-electron chi connectivity index (χ4n) is 12.3. The molecule has 6 aromatic heterocycles. The number of hydrogen-bond donors (Lipinski definition) is 0. The molecule has 17 rings (SSSR count). The molecule has 0 bridgehead atoms. The van der Waals surface area contributed by atoms with Gasteiger partial charge in [-0.1, -0.05) is 97.1 Å². The Labute approximate surface area is 449 Å². The predicted molar refractivity (Wildman–Crippen MR) is 327 cm³/mol. The predicted octanol–water partition coefficient (Wildman–Crippen LogP) is 20.4. The van der Waals surface area contributed by atoms with E-state index in [-0.39, 0.29) is 0 Å². The SMILES string of the molecule is N#Cc1cc(-n2c3ccc(-c4ccc5sc6ccccc6c5c4)cc3c3cc4c(cc32)sc2ccccc24)c(C#N)cc1-n1c2ccc(-c3ccc4sc5ccccc5c4c3)cc2c2cc3c(cc21)sc1ccccc13. The first-order valence-corrected chi connectivity index (χ1v) is 28.4. The van der Waals surface area contributed by atoms with E-state index in [1.54, 1.807) is 22.7 Å². The van der Waals surface area contributed by atoms with Crippen LogP contribution in [0.5, 0.6) is 0 Å². The Morgan fingerprint density at radius 1 is 0.250 bits per heavy atom. The Bertz CT molecular complexity index is 5180. The van der Waals surface area contributed by atoms with Crippen molar-refractivity contribution in [1.82, 2.24) is 9.13 Å². The summed E-state index contributed by atoms with van der Waals surface area (Å²) < 4.78 is 14.4. The molecule has 0 spiro atoms. The minimum absolute atomic E-state index is 0.481. The van der Waals surface area contributed by atoms with Gasteiger partial charge in [0.2, 0.25) is 0 Å². The van der Waals surface area contributed by atoms with Crippen LogP contribution in [0.2, 0.25) is 0 Å². The van der Waals surface area contributed by atoms with Gasteiger partial charge in [0.1, 0.15) is 12.1 Å². The largest absolute Gasteiger partial charge is 0.308 e. The maximum atomic E-state index is 11.4. The van der Waals surface area contributed by atoms with Crippen molar-refractivity contribution < 1.29 is 0 Å². The molecule has 17 aromatic rings. The van der Waals surface area contributed by atoms with E-state index >= 15 is 0 Å².